The third kappa shape index (κ3) is 3.33. The fourth-order valence-corrected chi connectivity index (χ4v) is 0.264. The molecule has 0 heterocycles. The minimum Gasteiger partial charge on any atom is -0.403 e. The maximum atomic E-state index is 5.35. The van der Waals surface area contributed by atoms with Gasteiger partial charge in [0.05, 0.1) is 5.03 Å². The first-order valence-electron chi connectivity index (χ1n) is 1.81. The number of nitrogens with zero attached hydrogens (tertiary/aromatic N) is 1. The van der Waals surface area contributed by atoms with Crippen LogP contribution in [-0.2, 0) is 0 Å². The minimum absolute atomic E-state index is 0.461. The highest BCUT2D eigenvalue weighted by atomic mass is 35.5. The third-order valence-electron chi connectivity index (χ3n) is 0.412. The number of rotatable bonds is 1. The molecule has 0 aromatic carbocycles. The lowest BCUT2D eigenvalue weighted by Crippen LogP contribution is -1.81. The van der Waals surface area contributed by atoms with Crippen molar-refractivity contribution in [1.29, 1.82) is 0 Å². The molecule has 0 spiro atoms. The van der Waals surface area contributed by atoms with E-state index in [1.165, 1.54) is 12.4 Å². The molecule has 0 atom stereocenters. The van der Waals surface area contributed by atoms with Crippen molar-refractivity contribution in [3.05, 3.63) is 11.2 Å². The van der Waals surface area contributed by atoms with Gasteiger partial charge in [0.1, 0.15) is 0 Å². The van der Waals surface area contributed by atoms with Crippen LogP contribution in [0.3, 0.4) is 0 Å². The molecular weight excluding hydrogens is 112 g/mol. The molecule has 2 N–H and O–H groups in total. The Hall–Kier alpha value is -0.500. The molecule has 0 unspecified atom stereocenters. The van der Waals surface area contributed by atoms with Crippen LogP contribution in [0.25, 0.3) is 0 Å². The normalized spacial score (nSPS) is 13.1. The first-order valence-corrected chi connectivity index (χ1v) is 2.18. The van der Waals surface area contributed by atoms with Crippen LogP contribution in [0.5, 0.6) is 0 Å². The molecule has 0 radical (unpaired) electrons. The second-order valence-electron chi connectivity index (χ2n) is 0.939. The van der Waals surface area contributed by atoms with Crippen molar-refractivity contribution in [2.45, 2.75) is 0 Å². The Labute approximate surface area is 47.7 Å². The fraction of sp³-hybridized carbons (Fsp3) is 0.250. The smallest absolute Gasteiger partial charge is 0.0738 e. The van der Waals surface area contributed by atoms with E-state index >= 15 is 0 Å². The first kappa shape index (κ1) is 6.50. The Balaban J connectivity index is 3.58. The number of halogens is 1. The summed E-state index contributed by atoms with van der Waals surface area (Å²) in [4.78, 5) is 3.60. The van der Waals surface area contributed by atoms with Gasteiger partial charge >= 0.3 is 0 Å². The van der Waals surface area contributed by atoms with E-state index in [-0.39, 0.29) is 0 Å². The topological polar surface area (TPSA) is 38.4 Å². The van der Waals surface area contributed by atoms with Crippen molar-refractivity contribution in [3.8, 4) is 0 Å². The van der Waals surface area contributed by atoms with Crippen molar-refractivity contribution >= 4 is 17.8 Å². The van der Waals surface area contributed by atoms with Crippen molar-refractivity contribution < 1.29 is 0 Å². The molecule has 3 heteroatoms. The van der Waals surface area contributed by atoms with Gasteiger partial charge in [-0.1, -0.05) is 11.6 Å². The summed E-state index contributed by atoms with van der Waals surface area (Å²) in [6.45, 7) is 0. The van der Waals surface area contributed by atoms with Gasteiger partial charge in [0, 0.05) is 19.5 Å². The number of allylic oxidation sites excluding steroid dienone is 1. The van der Waals surface area contributed by atoms with Gasteiger partial charge in [0.2, 0.25) is 0 Å². The zero-order chi connectivity index (χ0) is 5.70. The van der Waals surface area contributed by atoms with Crippen LogP contribution in [0.4, 0.5) is 0 Å². The Bertz CT molecular complexity index is 95.9. The SMILES string of the molecule is CN=CC(Cl)=CN. The molecule has 40 valence electrons. The fourth-order valence-electron chi connectivity index (χ4n) is 0.166. The van der Waals surface area contributed by atoms with E-state index in [2.05, 4.69) is 4.99 Å². The Morgan fingerprint density at radius 1 is 1.86 bits per heavy atom. The lowest BCUT2D eigenvalue weighted by molar-refractivity contribution is 1.47. The zero-order valence-electron chi connectivity index (χ0n) is 4.06. The Morgan fingerprint density at radius 3 is 2.57 bits per heavy atom. The van der Waals surface area contributed by atoms with Crippen LogP contribution in [0.15, 0.2) is 16.2 Å². The van der Waals surface area contributed by atoms with Crippen molar-refractivity contribution in [2.24, 2.45) is 10.7 Å². The lowest BCUT2D eigenvalue weighted by atomic mass is 10.6. The van der Waals surface area contributed by atoms with Crippen molar-refractivity contribution in [1.82, 2.24) is 0 Å². The zero-order valence-corrected chi connectivity index (χ0v) is 4.81. The standard InChI is InChI=1S/C4H7ClN2/c1-7-3-4(5)2-6/h2-3H,6H2,1H3. The van der Waals surface area contributed by atoms with Crippen LogP contribution in [0, 0.1) is 0 Å². The molecule has 0 bridgehead atoms. The molecular formula is C4H7ClN2. The largest absolute Gasteiger partial charge is 0.403 e. The molecule has 2 nitrogen and oxygen atoms in total. The molecule has 7 heavy (non-hydrogen) atoms. The van der Waals surface area contributed by atoms with Crippen molar-refractivity contribution in [3.63, 3.8) is 0 Å². The maximum Gasteiger partial charge on any atom is 0.0738 e. The molecule has 0 rings (SSSR count). The molecule has 0 aromatic heterocycles. The van der Waals surface area contributed by atoms with E-state index in [1.54, 1.807) is 7.05 Å². The monoisotopic (exact) mass is 118 g/mol. The summed E-state index contributed by atoms with van der Waals surface area (Å²) in [5.74, 6) is 0. The van der Waals surface area contributed by atoms with E-state index in [0.717, 1.165) is 0 Å². The van der Waals surface area contributed by atoms with E-state index in [4.69, 9.17) is 17.3 Å². The highest BCUT2D eigenvalue weighted by Crippen LogP contribution is 1.90. The average Bonchev–Trinajstić information content (AvgIpc) is 1.68. The number of aliphatic imine (C=N–C) groups is 1. The van der Waals surface area contributed by atoms with Crippen LogP contribution < -0.4 is 5.73 Å². The van der Waals surface area contributed by atoms with Gasteiger partial charge in [-0.05, 0) is 0 Å². The summed E-state index contributed by atoms with van der Waals surface area (Å²) in [6, 6.07) is 0. The van der Waals surface area contributed by atoms with Crippen LogP contribution in [0.2, 0.25) is 0 Å². The number of hydrogen-bond acceptors (Lipinski definition) is 2. The summed E-state index contributed by atoms with van der Waals surface area (Å²) < 4.78 is 0. The van der Waals surface area contributed by atoms with Gasteiger partial charge in [0.25, 0.3) is 0 Å². The lowest BCUT2D eigenvalue weighted by Gasteiger charge is -1.77. The third-order valence-corrected chi connectivity index (χ3v) is 0.635. The first-order chi connectivity index (χ1) is 3.31. The summed E-state index contributed by atoms with van der Waals surface area (Å²) >= 11 is 5.35. The second-order valence-corrected chi connectivity index (χ2v) is 1.38. The van der Waals surface area contributed by atoms with Crippen LogP contribution >= 0.6 is 11.6 Å². The second kappa shape index (κ2) is 3.68. The molecule has 0 saturated carbocycles. The highest BCUT2D eigenvalue weighted by Gasteiger charge is 1.75. The summed E-state index contributed by atoms with van der Waals surface area (Å²) in [5, 5.41) is 0.461. The van der Waals surface area contributed by atoms with Crippen molar-refractivity contribution in [2.75, 3.05) is 7.05 Å². The van der Waals surface area contributed by atoms with Gasteiger partial charge < -0.3 is 5.73 Å². The number of nitrogens with two attached hydrogens (primary N) is 1. The predicted octanol–water partition coefficient (Wildman–Crippen LogP) is 0.726. The van der Waals surface area contributed by atoms with Crippen LogP contribution in [0.1, 0.15) is 0 Å². The van der Waals surface area contributed by atoms with Gasteiger partial charge in [0.15, 0.2) is 0 Å². The molecule has 0 aromatic rings. The van der Waals surface area contributed by atoms with Gasteiger partial charge in [-0.2, -0.15) is 0 Å². The van der Waals surface area contributed by atoms with E-state index < -0.39 is 0 Å². The molecule has 0 saturated heterocycles. The van der Waals surface area contributed by atoms with E-state index in [9.17, 15) is 0 Å². The predicted molar refractivity (Wildman–Crippen MR) is 32.5 cm³/mol. The molecule has 0 aliphatic carbocycles. The van der Waals surface area contributed by atoms with Gasteiger partial charge in [-0.3, -0.25) is 4.99 Å². The molecule has 0 aliphatic rings. The average molecular weight is 119 g/mol. The maximum absolute atomic E-state index is 5.35. The van der Waals surface area contributed by atoms with E-state index in [1.807, 2.05) is 0 Å². The summed E-state index contributed by atoms with van der Waals surface area (Å²) in [5.41, 5.74) is 4.97. The minimum atomic E-state index is 0.461. The quantitative estimate of drug-likeness (QED) is 0.507. The summed E-state index contributed by atoms with van der Waals surface area (Å²) in [7, 11) is 1.63. The Kier molecular flexibility index (Phi) is 3.42. The number of hydrogen-bond donors (Lipinski definition) is 1. The summed E-state index contributed by atoms with van der Waals surface area (Å²) in [6.07, 6.45) is 2.76. The Morgan fingerprint density at radius 2 is 2.43 bits per heavy atom. The van der Waals surface area contributed by atoms with E-state index in [0.29, 0.717) is 5.03 Å². The van der Waals surface area contributed by atoms with Gasteiger partial charge in [-0.15, -0.1) is 0 Å². The molecule has 0 aliphatic heterocycles. The molecule has 0 amide bonds. The van der Waals surface area contributed by atoms with Gasteiger partial charge in [-0.25, -0.2) is 0 Å². The molecule has 0 fully saturated rings. The highest BCUT2D eigenvalue weighted by molar-refractivity contribution is 6.39. The van der Waals surface area contributed by atoms with Crippen LogP contribution in [-0.4, -0.2) is 13.3 Å².